The summed E-state index contributed by atoms with van der Waals surface area (Å²) in [5.74, 6) is 2.02. The molecule has 3 atom stereocenters. The molecule has 19 heavy (non-hydrogen) atoms. The fourth-order valence-electron chi connectivity index (χ4n) is 3.32. The number of hydrogen-bond acceptors (Lipinski definition) is 4. The molecule has 2 aliphatic heterocycles. The molecule has 1 aromatic rings. The highest BCUT2D eigenvalue weighted by atomic mass is 16.5. The van der Waals surface area contributed by atoms with E-state index in [9.17, 15) is 0 Å². The predicted octanol–water partition coefficient (Wildman–Crippen LogP) is 2.36. The molecular weight excluding hydrogens is 242 g/mol. The van der Waals surface area contributed by atoms with Crippen LogP contribution in [0, 0.1) is 6.92 Å². The van der Waals surface area contributed by atoms with Crippen molar-refractivity contribution >= 4 is 0 Å². The SMILES string of the molecule is CCO[C@@H]1CN(Cc2ccc(C)o2)[C@H]2CCCO[C@@H]12. The molecule has 0 amide bonds. The van der Waals surface area contributed by atoms with Gasteiger partial charge in [-0.1, -0.05) is 0 Å². The number of likely N-dealkylation sites (tertiary alicyclic amines) is 1. The minimum atomic E-state index is 0.214. The van der Waals surface area contributed by atoms with Crippen molar-refractivity contribution in [2.24, 2.45) is 0 Å². The van der Waals surface area contributed by atoms with Crippen LogP contribution in [0.4, 0.5) is 0 Å². The van der Waals surface area contributed by atoms with E-state index >= 15 is 0 Å². The third-order valence-electron chi connectivity index (χ3n) is 4.12. The summed E-state index contributed by atoms with van der Waals surface area (Å²) in [5.41, 5.74) is 0. The molecule has 0 radical (unpaired) electrons. The molecule has 0 N–H and O–H groups in total. The Hall–Kier alpha value is -0.840. The van der Waals surface area contributed by atoms with Crippen molar-refractivity contribution in [1.29, 1.82) is 0 Å². The quantitative estimate of drug-likeness (QED) is 0.837. The molecule has 2 fully saturated rings. The summed E-state index contributed by atoms with van der Waals surface area (Å²) in [5, 5.41) is 0. The molecule has 4 nitrogen and oxygen atoms in total. The van der Waals surface area contributed by atoms with Crippen LogP contribution in [0.5, 0.6) is 0 Å². The second-order valence-electron chi connectivity index (χ2n) is 5.48. The van der Waals surface area contributed by atoms with Crippen molar-refractivity contribution in [3.63, 3.8) is 0 Å². The second kappa shape index (κ2) is 5.65. The highest BCUT2D eigenvalue weighted by molar-refractivity contribution is 5.07. The highest BCUT2D eigenvalue weighted by Crippen LogP contribution is 2.31. The minimum absolute atomic E-state index is 0.214. The number of rotatable bonds is 4. The summed E-state index contributed by atoms with van der Waals surface area (Å²) < 4.78 is 17.5. The molecule has 0 unspecified atom stereocenters. The van der Waals surface area contributed by atoms with E-state index in [1.54, 1.807) is 0 Å². The molecule has 0 spiro atoms. The van der Waals surface area contributed by atoms with Gasteiger partial charge in [0.1, 0.15) is 17.6 Å². The first-order valence-corrected chi connectivity index (χ1v) is 7.30. The highest BCUT2D eigenvalue weighted by Gasteiger charge is 2.44. The average Bonchev–Trinajstić information content (AvgIpc) is 2.97. The van der Waals surface area contributed by atoms with Crippen molar-refractivity contribution in [2.45, 2.75) is 51.5 Å². The molecule has 3 rings (SSSR count). The van der Waals surface area contributed by atoms with Gasteiger partial charge in [-0.05, 0) is 38.8 Å². The molecular formula is C15H23NO3. The lowest BCUT2D eigenvalue weighted by Crippen LogP contribution is -2.41. The smallest absolute Gasteiger partial charge is 0.118 e. The van der Waals surface area contributed by atoms with Crippen molar-refractivity contribution in [2.75, 3.05) is 19.8 Å². The Morgan fingerprint density at radius 1 is 1.42 bits per heavy atom. The van der Waals surface area contributed by atoms with E-state index in [1.165, 1.54) is 6.42 Å². The van der Waals surface area contributed by atoms with Crippen LogP contribution >= 0.6 is 0 Å². The van der Waals surface area contributed by atoms with Gasteiger partial charge in [0.05, 0.1) is 12.6 Å². The molecule has 1 aromatic heterocycles. The lowest BCUT2D eigenvalue weighted by molar-refractivity contribution is -0.0751. The van der Waals surface area contributed by atoms with E-state index in [1.807, 2.05) is 13.0 Å². The lowest BCUT2D eigenvalue weighted by atomic mass is 10.0. The molecule has 0 saturated carbocycles. The lowest BCUT2D eigenvalue weighted by Gasteiger charge is -2.31. The Morgan fingerprint density at radius 3 is 3.05 bits per heavy atom. The van der Waals surface area contributed by atoms with Crippen molar-refractivity contribution in [1.82, 2.24) is 4.90 Å². The van der Waals surface area contributed by atoms with Crippen LogP contribution in [0.25, 0.3) is 0 Å². The van der Waals surface area contributed by atoms with Gasteiger partial charge in [0.2, 0.25) is 0 Å². The molecule has 0 aliphatic carbocycles. The van der Waals surface area contributed by atoms with Gasteiger partial charge in [-0.2, -0.15) is 0 Å². The first-order chi connectivity index (χ1) is 9.28. The monoisotopic (exact) mass is 265 g/mol. The van der Waals surface area contributed by atoms with Gasteiger partial charge in [-0.3, -0.25) is 4.90 Å². The van der Waals surface area contributed by atoms with Crippen molar-refractivity contribution < 1.29 is 13.9 Å². The summed E-state index contributed by atoms with van der Waals surface area (Å²) in [6, 6.07) is 4.58. The number of nitrogens with zero attached hydrogens (tertiary/aromatic N) is 1. The third-order valence-corrected chi connectivity index (χ3v) is 4.12. The Kier molecular flexibility index (Phi) is 3.91. The second-order valence-corrected chi connectivity index (χ2v) is 5.48. The number of aryl methyl sites for hydroxylation is 1. The molecule has 0 bridgehead atoms. The summed E-state index contributed by atoms with van der Waals surface area (Å²) >= 11 is 0. The van der Waals surface area contributed by atoms with Crippen LogP contribution < -0.4 is 0 Å². The van der Waals surface area contributed by atoms with Crippen LogP contribution in [0.15, 0.2) is 16.5 Å². The summed E-state index contributed by atoms with van der Waals surface area (Å²) in [4.78, 5) is 2.46. The largest absolute Gasteiger partial charge is 0.465 e. The standard InChI is InChI=1S/C15H23NO3/c1-3-17-14-10-16(9-12-7-6-11(2)19-12)13-5-4-8-18-15(13)14/h6-7,13-15H,3-5,8-10H2,1-2H3/t13-,14+,15+/m0/s1. The van der Waals surface area contributed by atoms with Gasteiger partial charge >= 0.3 is 0 Å². The molecule has 106 valence electrons. The zero-order valence-electron chi connectivity index (χ0n) is 11.8. The van der Waals surface area contributed by atoms with Gasteiger partial charge in [-0.15, -0.1) is 0 Å². The van der Waals surface area contributed by atoms with E-state index in [0.717, 1.165) is 44.2 Å². The van der Waals surface area contributed by atoms with Gasteiger partial charge in [0.15, 0.2) is 0 Å². The molecule has 4 heteroatoms. The third kappa shape index (κ3) is 2.71. The fourth-order valence-corrected chi connectivity index (χ4v) is 3.32. The average molecular weight is 265 g/mol. The minimum Gasteiger partial charge on any atom is -0.465 e. The van der Waals surface area contributed by atoms with Gasteiger partial charge in [0.25, 0.3) is 0 Å². The van der Waals surface area contributed by atoms with Crippen LogP contribution in [-0.4, -0.2) is 42.9 Å². The summed E-state index contributed by atoms with van der Waals surface area (Å²) in [6.07, 6.45) is 2.80. The van der Waals surface area contributed by atoms with E-state index in [2.05, 4.69) is 17.9 Å². The number of fused-ring (bicyclic) bond motifs is 1. The van der Waals surface area contributed by atoms with Crippen LogP contribution in [0.3, 0.4) is 0 Å². The van der Waals surface area contributed by atoms with Crippen molar-refractivity contribution in [3.05, 3.63) is 23.7 Å². The number of ether oxygens (including phenoxy) is 2. The maximum Gasteiger partial charge on any atom is 0.118 e. The summed E-state index contributed by atoms with van der Waals surface area (Å²) in [6.45, 7) is 7.48. The first-order valence-electron chi connectivity index (χ1n) is 7.30. The number of furan rings is 1. The zero-order chi connectivity index (χ0) is 13.2. The van der Waals surface area contributed by atoms with Crippen molar-refractivity contribution in [3.8, 4) is 0 Å². The topological polar surface area (TPSA) is 34.8 Å². The Balaban J connectivity index is 1.70. The molecule has 2 aliphatic rings. The first kappa shape index (κ1) is 13.2. The van der Waals surface area contributed by atoms with Gasteiger partial charge in [-0.25, -0.2) is 0 Å². The van der Waals surface area contributed by atoms with Crippen LogP contribution in [-0.2, 0) is 16.0 Å². The zero-order valence-corrected chi connectivity index (χ0v) is 11.8. The Morgan fingerprint density at radius 2 is 2.32 bits per heavy atom. The Labute approximate surface area is 114 Å². The summed E-state index contributed by atoms with van der Waals surface area (Å²) in [7, 11) is 0. The molecule has 3 heterocycles. The fraction of sp³-hybridized carbons (Fsp3) is 0.733. The predicted molar refractivity (Wildman–Crippen MR) is 72.0 cm³/mol. The van der Waals surface area contributed by atoms with Crippen LogP contribution in [0.2, 0.25) is 0 Å². The van der Waals surface area contributed by atoms with E-state index < -0.39 is 0 Å². The van der Waals surface area contributed by atoms with E-state index in [-0.39, 0.29) is 12.2 Å². The van der Waals surface area contributed by atoms with E-state index in [0.29, 0.717) is 6.04 Å². The van der Waals surface area contributed by atoms with Gasteiger partial charge in [0, 0.05) is 25.8 Å². The number of hydrogen-bond donors (Lipinski definition) is 0. The van der Waals surface area contributed by atoms with Crippen LogP contribution in [0.1, 0.15) is 31.3 Å². The van der Waals surface area contributed by atoms with Gasteiger partial charge < -0.3 is 13.9 Å². The normalized spacial score (nSPS) is 31.6. The van der Waals surface area contributed by atoms with E-state index in [4.69, 9.17) is 13.9 Å². The maximum absolute atomic E-state index is 5.94. The Bertz CT molecular complexity index is 417. The maximum atomic E-state index is 5.94. The molecule has 2 saturated heterocycles. The molecule has 0 aromatic carbocycles.